The van der Waals surface area contributed by atoms with Gasteiger partial charge < -0.3 is 10.4 Å². The van der Waals surface area contributed by atoms with E-state index in [0.29, 0.717) is 11.3 Å². The first-order chi connectivity index (χ1) is 6.18. The van der Waals surface area contributed by atoms with E-state index >= 15 is 0 Å². The fourth-order valence-corrected chi connectivity index (χ4v) is 1.35. The van der Waals surface area contributed by atoms with Crippen molar-refractivity contribution in [1.29, 1.82) is 0 Å². The van der Waals surface area contributed by atoms with E-state index in [4.69, 9.17) is 0 Å². The zero-order valence-electron chi connectivity index (χ0n) is 7.88. The molecule has 70 valence electrons. The molecule has 2 heteroatoms. The van der Waals surface area contributed by atoms with Crippen LogP contribution in [-0.2, 0) is 6.54 Å². The fraction of sp³-hybridized carbons (Fsp3) is 0.455. The third-order valence-electron chi connectivity index (χ3n) is 2.63. The van der Waals surface area contributed by atoms with Crippen LogP contribution in [0.2, 0.25) is 0 Å². The smallest absolute Gasteiger partial charge is 0.115 e. The van der Waals surface area contributed by atoms with E-state index in [1.165, 1.54) is 12.8 Å². The molecular weight excluding hydrogens is 162 g/mol. The summed E-state index contributed by atoms with van der Waals surface area (Å²) in [7, 11) is 0. The quantitative estimate of drug-likeness (QED) is 0.740. The molecule has 0 unspecified atom stereocenters. The minimum Gasteiger partial charge on any atom is -0.508 e. The van der Waals surface area contributed by atoms with Gasteiger partial charge in [0.05, 0.1) is 0 Å². The highest BCUT2D eigenvalue weighted by Crippen LogP contribution is 2.34. The molecule has 0 bridgehead atoms. The van der Waals surface area contributed by atoms with E-state index in [0.717, 1.165) is 12.1 Å². The molecule has 1 saturated carbocycles. The predicted octanol–water partition coefficient (Wildman–Crippen LogP) is 2.03. The summed E-state index contributed by atoms with van der Waals surface area (Å²) in [6.45, 7) is 3.08. The van der Waals surface area contributed by atoms with Gasteiger partial charge in [0, 0.05) is 12.1 Å². The van der Waals surface area contributed by atoms with Gasteiger partial charge in [-0.3, -0.25) is 0 Å². The van der Waals surface area contributed by atoms with Crippen molar-refractivity contribution in [3.63, 3.8) is 0 Å². The van der Waals surface area contributed by atoms with Gasteiger partial charge in [-0.2, -0.15) is 0 Å². The van der Waals surface area contributed by atoms with Gasteiger partial charge in [-0.05, 0) is 37.5 Å². The number of rotatable bonds is 3. The van der Waals surface area contributed by atoms with E-state index in [-0.39, 0.29) is 0 Å². The molecule has 2 nitrogen and oxygen atoms in total. The van der Waals surface area contributed by atoms with Crippen molar-refractivity contribution in [2.24, 2.45) is 0 Å². The van der Waals surface area contributed by atoms with Gasteiger partial charge in [-0.15, -0.1) is 0 Å². The Balaban J connectivity index is 1.94. The molecule has 1 aliphatic carbocycles. The Morgan fingerprint density at radius 3 is 2.85 bits per heavy atom. The largest absolute Gasteiger partial charge is 0.508 e. The molecule has 1 aromatic carbocycles. The second-order valence-corrected chi connectivity index (χ2v) is 4.08. The number of aromatic hydroxyl groups is 1. The molecule has 1 fully saturated rings. The Morgan fingerprint density at radius 1 is 1.46 bits per heavy atom. The Morgan fingerprint density at radius 2 is 2.23 bits per heavy atom. The van der Waals surface area contributed by atoms with Crippen LogP contribution in [0.4, 0.5) is 0 Å². The summed E-state index contributed by atoms with van der Waals surface area (Å²) in [5.74, 6) is 0.347. The van der Waals surface area contributed by atoms with Gasteiger partial charge in [0.25, 0.3) is 0 Å². The zero-order chi connectivity index (χ0) is 9.31. The average Bonchev–Trinajstić information content (AvgIpc) is 2.82. The first-order valence-electron chi connectivity index (χ1n) is 4.71. The number of benzene rings is 1. The van der Waals surface area contributed by atoms with Gasteiger partial charge in [-0.25, -0.2) is 0 Å². The minimum atomic E-state index is 0.347. The summed E-state index contributed by atoms with van der Waals surface area (Å²) in [5, 5.41) is 12.7. The van der Waals surface area contributed by atoms with Crippen molar-refractivity contribution in [3.05, 3.63) is 29.8 Å². The molecule has 0 aromatic heterocycles. The molecule has 2 N–H and O–H groups in total. The molecule has 0 amide bonds. The molecule has 2 rings (SSSR count). The summed E-state index contributed by atoms with van der Waals surface area (Å²) < 4.78 is 0. The van der Waals surface area contributed by atoms with Gasteiger partial charge in [0.1, 0.15) is 5.75 Å². The Labute approximate surface area is 78.6 Å². The van der Waals surface area contributed by atoms with E-state index in [9.17, 15) is 5.11 Å². The highest BCUT2D eigenvalue weighted by molar-refractivity contribution is 5.27. The first-order valence-corrected chi connectivity index (χ1v) is 4.71. The van der Waals surface area contributed by atoms with Crippen LogP contribution in [0.25, 0.3) is 0 Å². The molecule has 1 aromatic rings. The van der Waals surface area contributed by atoms with Crippen molar-refractivity contribution in [1.82, 2.24) is 5.32 Å². The van der Waals surface area contributed by atoms with Gasteiger partial charge in [0.15, 0.2) is 0 Å². The molecule has 0 aliphatic heterocycles. The van der Waals surface area contributed by atoms with Crippen molar-refractivity contribution in [3.8, 4) is 5.75 Å². The zero-order valence-corrected chi connectivity index (χ0v) is 7.88. The maximum atomic E-state index is 9.23. The lowest BCUT2D eigenvalue weighted by Crippen LogP contribution is -2.26. The standard InChI is InChI=1S/C11H15NO/c1-11(5-6-11)12-8-9-3-2-4-10(13)7-9/h2-4,7,12-13H,5-6,8H2,1H3. The van der Waals surface area contributed by atoms with Crippen LogP contribution < -0.4 is 5.32 Å². The molecular formula is C11H15NO. The van der Waals surface area contributed by atoms with E-state index in [1.54, 1.807) is 12.1 Å². The maximum absolute atomic E-state index is 9.23. The van der Waals surface area contributed by atoms with Crippen LogP contribution >= 0.6 is 0 Å². The normalized spacial score (nSPS) is 18.5. The van der Waals surface area contributed by atoms with E-state index in [2.05, 4.69) is 12.2 Å². The Kier molecular flexibility index (Phi) is 2.00. The molecule has 0 atom stereocenters. The number of hydrogen-bond donors (Lipinski definition) is 2. The number of phenols is 1. The number of nitrogens with one attached hydrogen (secondary N) is 1. The summed E-state index contributed by atoms with van der Waals surface area (Å²) in [4.78, 5) is 0. The fourth-order valence-electron chi connectivity index (χ4n) is 1.35. The highest BCUT2D eigenvalue weighted by atomic mass is 16.3. The predicted molar refractivity (Wildman–Crippen MR) is 52.6 cm³/mol. The highest BCUT2D eigenvalue weighted by Gasteiger charge is 2.36. The Bertz CT molecular complexity index is 305. The average molecular weight is 177 g/mol. The third kappa shape index (κ3) is 2.22. The maximum Gasteiger partial charge on any atom is 0.115 e. The second-order valence-electron chi connectivity index (χ2n) is 4.08. The Hall–Kier alpha value is -1.02. The molecule has 0 heterocycles. The van der Waals surface area contributed by atoms with Crippen molar-refractivity contribution < 1.29 is 5.11 Å². The summed E-state index contributed by atoms with van der Waals surface area (Å²) >= 11 is 0. The molecule has 1 aliphatic rings. The van der Waals surface area contributed by atoms with Gasteiger partial charge >= 0.3 is 0 Å². The summed E-state index contributed by atoms with van der Waals surface area (Å²) in [6.07, 6.45) is 2.54. The molecule has 0 spiro atoms. The molecule has 13 heavy (non-hydrogen) atoms. The van der Waals surface area contributed by atoms with Crippen LogP contribution in [0.3, 0.4) is 0 Å². The van der Waals surface area contributed by atoms with E-state index < -0.39 is 0 Å². The van der Waals surface area contributed by atoms with Crippen LogP contribution in [0.5, 0.6) is 5.75 Å². The van der Waals surface area contributed by atoms with Crippen molar-refractivity contribution >= 4 is 0 Å². The topological polar surface area (TPSA) is 32.3 Å². The van der Waals surface area contributed by atoms with Crippen LogP contribution in [0.15, 0.2) is 24.3 Å². The lowest BCUT2D eigenvalue weighted by molar-refractivity contribution is 0.472. The van der Waals surface area contributed by atoms with Crippen LogP contribution in [0.1, 0.15) is 25.3 Å². The number of hydrogen-bond acceptors (Lipinski definition) is 2. The van der Waals surface area contributed by atoms with Crippen LogP contribution in [0, 0.1) is 0 Å². The van der Waals surface area contributed by atoms with Crippen molar-refractivity contribution in [2.75, 3.05) is 0 Å². The monoisotopic (exact) mass is 177 g/mol. The molecule has 0 radical (unpaired) electrons. The van der Waals surface area contributed by atoms with Gasteiger partial charge in [0.2, 0.25) is 0 Å². The second kappa shape index (κ2) is 3.04. The van der Waals surface area contributed by atoms with Crippen LogP contribution in [-0.4, -0.2) is 10.6 Å². The third-order valence-corrected chi connectivity index (χ3v) is 2.63. The number of phenolic OH excluding ortho intramolecular Hbond substituents is 1. The SMILES string of the molecule is CC1(NCc2cccc(O)c2)CC1. The van der Waals surface area contributed by atoms with Gasteiger partial charge in [-0.1, -0.05) is 12.1 Å². The lowest BCUT2D eigenvalue weighted by atomic mass is 10.2. The minimum absolute atomic E-state index is 0.347. The van der Waals surface area contributed by atoms with E-state index in [1.807, 2.05) is 12.1 Å². The van der Waals surface area contributed by atoms with Crippen molar-refractivity contribution in [2.45, 2.75) is 31.8 Å². The molecule has 0 saturated heterocycles. The summed E-state index contributed by atoms with van der Waals surface area (Å²) in [5.41, 5.74) is 1.51. The summed E-state index contributed by atoms with van der Waals surface area (Å²) in [6, 6.07) is 7.40. The lowest BCUT2D eigenvalue weighted by Gasteiger charge is -2.10. The first kappa shape index (κ1) is 8.57.